The summed E-state index contributed by atoms with van der Waals surface area (Å²) in [5, 5.41) is 10.7. The number of hydrogen-bond donors (Lipinski definition) is 2. The molecule has 0 unspecified atom stereocenters. The number of aryl methyl sites for hydroxylation is 1. The van der Waals surface area contributed by atoms with Gasteiger partial charge in [-0.3, -0.25) is 28.2 Å². The number of ether oxygens (including phenoxy) is 2. The lowest BCUT2D eigenvalue weighted by molar-refractivity contribution is -0.123. The normalized spacial score (nSPS) is 18.8. The van der Waals surface area contributed by atoms with Crippen molar-refractivity contribution in [2.45, 2.75) is 75.0 Å². The second-order valence-corrected chi connectivity index (χ2v) is 18.5. The Bertz CT molecular complexity index is 3040. The molecule has 0 spiro atoms. The van der Waals surface area contributed by atoms with Crippen molar-refractivity contribution in [2.24, 2.45) is 13.0 Å². The fourth-order valence-electron chi connectivity index (χ4n) is 8.99. The predicted octanol–water partition coefficient (Wildman–Crippen LogP) is 6.75. The van der Waals surface area contributed by atoms with Crippen molar-refractivity contribution in [2.75, 3.05) is 24.7 Å². The van der Waals surface area contributed by atoms with Crippen molar-refractivity contribution in [3.8, 4) is 11.6 Å². The summed E-state index contributed by atoms with van der Waals surface area (Å²) in [5.41, 5.74) is -3.25. The van der Waals surface area contributed by atoms with Gasteiger partial charge in [0, 0.05) is 50.6 Å². The number of hydrogen-bond acceptors (Lipinski definition) is 10. The molecule has 0 saturated heterocycles. The number of nitrogens with one attached hydrogen (secondary N) is 2. The van der Waals surface area contributed by atoms with E-state index in [4.69, 9.17) is 26.1 Å². The predicted molar refractivity (Wildman–Crippen MR) is 219 cm³/mol. The van der Waals surface area contributed by atoms with Crippen LogP contribution in [0.3, 0.4) is 0 Å². The van der Waals surface area contributed by atoms with Gasteiger partial charge in [0.15, 0.2) is 11.5 Å². The van der Waals surface area contributed by atoms with Crippen LogP contribution in [0.25, 0.3) is 27.6 Å². The van der Waals surface area contributed by atoms with Crippen molar-refractivity contribution >= 4 is 55.3 Å². The zero-order valence-corrected chi connectivity index (χ0v) is 35.7. The summed E-state index contributed by atoms with van der Waals surface area (Å²) in [6.07, 6.45) is 0.436. The van der Waals surface area contributed by atoms with Gasteiger partial charge in [0.05, 0.1) is 51.5 Å². The molecule has 6 aromatic rings. The topological polar surface area (TPSA) is 177 Å². The molecule has 15 nitrogen and oxygen atoms in total. The largest absolute Gasteiger partial charge is 0.477 e. The van der Waals surface area contributed by atoms with E-state index < -0.39 is 87.7 Å². The Morgan fingerprint density at radius 1 is 1.06 bits per heavy atom. The highest BCUT2D eigenvalue weighted by atomic mass is 35.5. The molecule has 0 radical (unpaired) electrons. The van der Waals surface area contributed by atoms with Crippen molar-refractivity contribution in [3.63, 3.8) is 0 Å². The molecule has 2 fully saturated rings. The highest BCUT2D eigenvalue weighted by molar-refractivity contribution is 7.92. The monoisotopic (exact) mass is 933 g/mol. The maximum absolute atomic E-state index is 15.5. The summed E-state index contributed by atoms with van der Waals surface area (Å²) in [4.78, 5) is 38.4. The molecule has 0 bridgehead atoms. The van der Waals surface area contributed by atoms with Crippen LogP contribution in [0.4, 0.5) is 32.2 Å². The summed E-state index contributed by atoms with van der Waals surface area (Å²) in [7, 11) is -0.849. The molecular formula is C41H38ClF6N9O6S. The molecule has 338 valence electrons. The molecule has 3 aliphatic carbocycles. The molecule has 2 aromatic carbocycles. The Balaban J connectivity index is 1.20. The third kappa shape index (κ3) is 7.71. The number of amides is 1. The Hall–Kier alpha value is -5.74. The van der Waals surface area contributed by atoms with Gasteiger partial charge in [-0.05, 0) is 67.5 Å². The van der Waals surface area contributed by atoms with E-state index in [9.17, 15) is 35.6 Å². The number of alkyl halides is 4. The van der Waals surface area contributed by atoms with Gasteiger partial charge in [0.2, 0.25) is 21.8 Å². The van der Waals surface area contributed by atoms with Crippen molar-refractivity contribution < 1.29 is 49.0 Å². The number of halogens is 7. The summed E-state index contributed by atoms with van der Waals surface area (Å²) in [5.74, 6) is -9.10. The fraction of sp³-hybridized carbons (Fsp3) is 0.415. The second-order valence-electron chi connectivity index (χ2n) is 16.4. The molecule has 9 rings (SSSR count). The van der Waals surface area contributed by atoms with Gasteiger partial charge >= 0.3 is 0 Å². The molecule has 1 amide bonds. The SMILES string of the molecule is COC1(CCOc2ccc3c(=O)n(-c4ccc(Cl)c5c(NS(C)(=O)=O)nn(C)c45)c([C@H](Cc4cc(F)cc(F)c4)NC(=O)Cn4nc(C(F)F)c5c4C(F)(F)[C@@H]4C[C@H]54)nc3n2)CCC1. The molecule has 4 heterocycles. The first-order chi connectivity index (χ1) is 30.3. The minimum absolute atomic E-state index is 0.00829. The standard InChI is InChI=1S/C41H38ClF6N9O6S/c1-55-33-27(7-6-25(42)31(33)37(53-55)54-64(3,60)61)57-38(51-36-22(39(57)59)5-8-29(50-36)63-12-11-40(62-2)9-4-10-40)26(15-19-13-20(43)16-21(44)14-19)49-28(58)18-56-34-30(32(52-56)35(45)46)23-17-24(23)41(34,47)48/h5-8,13-14,16,23-24,26,35H,4,9-12,15,17-18H2,1-3H3,(H,49,58)(H,53,54)/t23-,24+,26-/m0/s1. The number of fused-ring (bicyclic) bond motifs is 5. The van der Waals surface area contributed by atoms with E-state index in [0.717, 1.165) is 42.2 Å². The van der Waals surface area contributed by atoms with Crippen molar-refractivity contribution in [1.82, 2.24) is 39.4 Å². The fourth-order valence-corrected chi connectivity index (χ4v) is 9.73. The van der Waals surface area contributed by atoms with Crippen LogP contribution >= 0.6 is 11.6 Å². The number of methoxy groups -OCH3 is 1. The number of aromatic nitrogens is 7. The highest BCUT2D eigenvalue weighted by Gasteiger charge is 2.67. The van der Waals surface area contributed by atoms with Crippen LogP contribution in [0.2, 0.25) is 5.02 Å². The number of nitrogens with zero attached hydrogens (tertiary/aromatic N) is 7. The number of sulfonamides is 1. The molecule has 2 N–H and O–H groups in total. The smallest absolute Gasteiger partial charge is 0.293 e. The number of pyridine rings is 1. The van der Waals surface area contributed by atoms with Gasteiger partial charge in [0.1, 0.15) is 35.4 Å². The van der Waals surface area contributed by atoms with E-state index in [-0.39, 0.29) is 79.9 Å². The van der Waals surface area contributed by atoms with Crippen molar-refractivity contribution in [3.05, 3.63) is 97.8 Å². The molecular weight excluding hydrogens is 896 g/mol. The van der Waals surface area contributed by atoms with Gasteiger partial charge in [-0.1, -0.05) is 11.6 Å². The van der Waals surface area contributed by atoms with Gasteiger partial charge in [-0.2, -0.15) is 24.0 Å². The Labute approximate surface area is 364 Å². The van der Waals surface area contributed by atoms with Crippen LogP contribution in [-0.4, -0.2) is 74.0 Å². The molecule has 0 aliphatic heterocycles. The summed E-state index contributed by atoms with van der Waals surface area (Å²) in [6.45, 7) is -0.805. The maximum Gasteiger partial charge on any atom is 0.293 e. The number of anilines is 1. The Morgan fingerprint density at radius 2 is 1.80 bits per heavy atom. The number of carbonyl (C=O) groups is 1. The first-order valence-electron chi connectivity index (χ1n) is 20.0. The number of rotatable bonds is 15. The van der Waals surface area contributed by atoms with E-state index >= 15 is 8.78 Å². The summed E-state index contributed by atoms with van der Waals surface area (Å²) in [6, 6.07) is 6.62. The van der Waals surface area contributed by atoms with E-state index in [1.807, 2.05) is 0 Å². The Morgan fingerprint density at radius 3 is 2.45 bits per heavy atom. The van der Waals surface area contributed by atoms with Crippen molar-refractivity contribution in [1.29, 1.82) is 0 Å². The maximum atomic E-state index is 15.5. The van der Waals surface area contributed by atoms with Crippen LogP contribution in [0.1, 0.15) is 78.8 Å². The molecule has 2 saturated carbocycles. The minimum atomic E-state index is -3.92. The van der Waals surface area contributed by atoms with Crippen LogP contribution < -0.4 is 20.3 Å². The second kappa shape index (κ2) is 15.8. The molecule has 64 heavy (non-hydrogen) atoms. The lowest BCUT2D eigenvalue weighted by atomic mass is 9.78. The molecule has 3 aliphatic rings. The van der Waals surface area contributed by atoms with E-state index in [1.54, 1.807) is 7.11 Å². The van der Waals surface area contributed by atoms with E-state index in [2.05, 4.69) is 25.2 Å². The zero-order valence-electron chi connectivity index (χ0n) is 34.1. The van der Waals surface area contributed by atoms with E-state index in [0.29, 0.717) is 17.2 Å². The number of carbonyl (C=O) groups excluding carboxylic acids is 1. The van der Waals surface area contributed by atoms with Crippen LogP contribution in [0.5, 0.6) is 5.88 Å². The minimum Gasteiger partial charge on any atom is -0.477 e. The third-order valence-electron chi connectivity index (χ3n) is 12.1. The lowest BCUT2D eigenvalue weighted by Crippen LogP contribution is -2.40. The quantitative estimate of drug-likeness (QED) is 0.105. The molecule has 3 atom stereocenters. The number of benzene rings is 2. The highest BCUT2D eigenvalue weighted by Crippen LogP contribution is 2.68. The molecule has 23 heteroatoms. The van der Waals surface area contributed by atoms with Gasteiger partial charge in [-0.15, -0.1) is 0 Å². The van der Waals surface area contributed by atoms with Gasteiger partial charge < -0.3 is 14.8 Å². The summed E-state index contributed by atoms with van der Waals surface area (Å²) >= 11 is 6.63. The lowest BCUT2D eigenvalue weighted by Gasteiger charge is -2.40. The van der Waals surface area contributed by atoms with Crippen LogP contribution in [0, 0.1) is 17.6 Å². The van der Waals surface area contributed by atoms with Gasteiger partial charge in [-0.25, -0.2) is 31.0 Å². The Kier molecular flexibility index (Phi) is 10.7. The van der Waals surface area contributed by atoms with Crippen LogP contribution in [0.15, 0.2) is 47.3 Å². The zero-order chi connectivity index (χ0) is 45.6. The molecule has 4 aromatic heterocycles. The van der Waals surface area contributed by atoms with Crippen LogP contribution in [-0.2, 0) is 45.5 Å². The third-order valence-corrected chi connectivity index (χ3v) is 13.0. The average Bonchev–Trinajstić information content (AvgIpc) is 3.74. The van der Waals surface area contributed by atoms with E-state index in [1.165, 1.54) is 36.0 Å². The van der Waals surface area contributed by atoms with Gasteiger partial charge in [0.25, 0.3) is 17.9 Å². The first-order valence-corrected chi connectivity index (χ1v) is 22.3. The summed E-state index contributed by atoms with van der Waals surface area (Å²) < 4.78 is 130. The first kappa shape index (κ1) is 43.5. The average molecular weight is 934 g/mol.